The topological polar surface area (TPSA) is 85.8 Å². The zero-order valence-corrected chi connectivity index (χ0v) is 13.3. The highest BCUT2D eigenvalue weighted by Crippen LogP contribution is 2.43. The van der Waals surface area contributed by atoms with E-state index < -0.39 is 0 Å². The van der Waals surface area contributed by atoms with Gasteiger partial charge < -0.3 is 9.73 Å². The molecule has 0 bridgehead atoms. The minimum atomic E-state index is -0.299. The Labute approximate surface area is 143 Å². The van der Waals surface area contributed by atoms with E-state index in [-0.39, 0.29) is 17.7 Å². The number of carbonyl (C=O) groups excluding carboxylic acids is 1. The van der Waals surface area contributed by atoms with Crippen LogP contribution >= 0.6 is 0 Å². The number of hydrogen-bond acceptors (Lipinski definition) is 6. The summed E-state index contributed by atoms with van der Waals surface area (Å²) in [6.07, 6.45) is 7.77. The number of nitrogens with zero attached hydrogens (tertiary/aromatic N) is 4. The van der Waals surface area contributed by atoms with Crippen LogP contribution in [-0.4, -0.2) is 25.5 Å². The van der Waals surface area contributed by atoms with E-state index in [4.69, 9.17) is 4.42 Å². The zero-order chi connectivity index (χ0) is 16.8. The van der Waals surface area contributed by atoms with E-state index in [0.717, 1.165) is 22.6 Å². The van der Waals surface area contributed by atoms with Crippen LogP contribution in [0.5, 0.6) is 0 Å². The number of rotatable bonds is 2. The number of hydrogen-bond donors (Lipinski definition) is 1. The van der Waals surface area contributed by atoms with Gasteiger partial charge in [0.25, 0.3) is 0 Å². The van der Waals surface area contributed by atoms with Crippen molar-refractivity contribution < 1.29 is 9.21 Å². The van der Waals surface area contributed by atoms with E-state index in [1.54, 1.807) is 23.3 Å². The fourth-order valence-electron chi connectivity index (χ4n) is 3.72. The summed E-state index contributed by atoms with van der Waals surface area (Å²) >= 11 is 0. The molecule has 2 atom stereocenters. The molecular weight excluding hydrogens is 318 g/mol. The van der Waals surface area contributed by atoms with E-state index in [9.17, 15) is 4.79 Å². The third-order valence-corrected chi connectivity index (χ3v) is 4.81. The van der Waals surface area contributed by atoms with Crippen LogP contribution in [0.2, 0.25) is 0 Å². The maximum atomic E-state index is 13.0. The number of aromatic nitrogens is 4. The van der Waals surface area contributed by atoms with Crippen LogP contribution in [0.25, 0.3) is 0 Å². The predicted octanol–water partition coefficient (Wildman–Crippen LogP) is 2.68. The first-order valence-electron chi connectivity index (χ1n) is 8.17. The molecule has 3 aromatic rings. The Balaban J connectivity index is 1.63. The molecule has 1 N–H and O–H groups in total. The molecule has 0 spiro atoms. The van der Waals surface area contributed by atoms with Crippen molar-refractivity contribution in [2.75, 3.05) is 5.32 Å². The second kappa shape index (κ2) is 5.41. The van der Waals surface area contributed by atoms with Crippen LogP contribution in [0.4, 0.5) is 5.95 Å². The number of carbonyl (C=O) groups is 1. The molecule has 5 rings (SSSR count). The van der Waals surface area contributed by atoms with Gasteiger partial charge in [-0.3, -0.25) is 9.78 Å². The molecule has 0 radical (unpaired) electrons. The van der Waals surface area contributed by atoms with Crippen LogP contribution < -0.4 is 5.32 Å². The maximum absolute atomic E-state index is 13.0. The molecule has 7 heteroatoms. The highest BCUT2D eigenvalue weighted by Gasteiger charge is 2.39. The summed E-state index contributed by atoms with van der Waals surface area (Å²) in [6.45, 7) is 0. The molecule has 0 saturated heterocycles. The molecule has 1 aliphatic carbocycles. The number of nitrogens with one attached hydrogen (secondary N) is 1. The standard InChI is InChI=1S/C18H15N5O2/c24-14-8-12(15-4-2-6-25-15)7-13-16(14)17(11-3-1-5-19-9-11)23-18(22-13)20-10-21-23/h1-6,9-10,12,17H,7-8H2,(H,20,21,22)/t12-,17+/m0/s1. The second-order valence-electron chi connectivity index (χ2n) is 6.28. The first-order chi connectivity index (χ1) is 12.3. The number of fused-ring (bicyclic) bond motifs is 1. The van der Waals surface area contributed by atoms with Crippen LogP contribution in [0, 0.1) is 0 Å². The Morgan fingerprint density at radius 1 is 1.24 bits per heavy atom. The highest BCUT2D eigenvalue weighted by molar-refractivity contribution is 6.00. The van der Waals surface area contributed by atoms with Crippen LogP contribution in [0.15, 0.2) is 64.9 Å². The smallest absolute Gasteiger partial charge is 0.226 e. The number of allylic oxidation sites excluding steroid dienone is 2. The fourth-order valence-corrected chi connectivity index (χ4v) is 3.72. The van der Waals surface area contributed by atoms with Gasteiger partial charge in [0.2, 0.25) is 5.95 Å². The summed E-state index contributed by atoms with van der Waals surface area (Å²) in [5.41, 5.74) is 2.56. The van der Waals surface area contributed by atoms with Gasteiger partial charge in [-0.2, -0.15) is 10.1 Å². The molecule has 2 aliphatic rings. The van der Waals surface area contributed by atoms with Gasteiger partial charge in [0.15, 0.2) is 5.78 Å². The van der Waals surface area contributed by atoms with Crippen molar-refractivity contribution in [3.8, 4) is 0 Å². The molecule has 0 fully saturated rings. The monoisotopic (exact) mass is 333 g/mol. The SMILES string of the molecule is O=C1C[C@@H](c2ccco2)CC2=C1[C@@H](c1cccnc1)n1ncnc1N2. The first kappa shape index (κ1) is 14.2. The Hall–Kier alpha value is -3.22. The van der Waals surface area contributed by atoms with Gasteiger partial charge in [0.1, 0.15) is 18.1 Å². The molecule has 0 unspecified atom stereocenters. The Bertz CT molecular complexity index is 959. The minimum Gasteiger partial charge on any atom is -0.469 e. The average Bonchev–Trinajstić information content (AvgIpc) is 3.32. The Morgan fingerprint density at radius 2 is 2.20 bits per heavy atom. The predicted molar refractivity (Wildman–Crippen MR) is 88.7 cm³/mol. The van der Waals surface area contributed by atoms with Gasteiger partial charge in [-0.15, -0.1) is 0 Å². The molecule has 25 heavy (non-hydrogen) atoms. The van der Waals surface area contributed by atoms with E-state index in [0.29, 0.717) is 18.8 Å². The van der Waals surface area contributed by atoms with Gasteiger partial charge in [-0.1, -0.05) is 6.07 Å². The van der Waals surface area contributed by atoms with Crippen molar-refractivity contribution in [2.45, 2.75) is 24.8 Å². The van der Waals surface area contributed by atoms with Gasteiger partial charge >= 0.3 is 0 Å². The summed E-state index contributed by atoms with van der Waals surface area (Å²) < 4.78 is 7.27. The molecule has 1 aliphatic heterocycles. The first-order valence-corrected chi connectivity index (χ1v) is 8.17. The van der Waals surface area contributed by atoms with Crippen molar-refractivity contribution >= 4 is 11.7 Å². The van der Waals surface area contributed by atoms with E-state index in [2.05, 4.69) is 20.4 Å². The number of Topliss-reactive ketones (excluding diaryl/α,β-unsaturated/α-hetero) is 1. The summed E-state index contributed by atoms with van der Waals surface area (Å²) in [6, 6.07) is 7.31. The van der Waals surface area contributed by atoms with Crippen molar-refractivity contribution in [1.29, 1.82) is 0 Å². The highest BCUT2D eigenvalue weighted by atomic mass is 16.3. The lowest BCUT2D eigenvalue weighted by Crippen LogP contribution is -2.33. The molecule has 3 aromatic heterocycles. The maximum Gasteiger partial charge on any atom is 0.226 e. The molecule has 4 heterocycles. The molecule has 7 nitrogen and oxygen atoms in total. The quantitative estimate of drug-likeness (QED) is 0.776. The average molecular weight is 333 g/mol. The lowest BCUT2D eigenvalue weighted by Gasteiger charge is -2.34. The van der Waals surface area contributed by atoms with Crippen LogP contribution in [0.1, 0.15) is 36.1 Å². The number of pyridine rings is 1. The normalized spacial score (nSPS) is 22.3. The van der Waals surface area contributed by atoms with Crippen molar-refractivity contribution in [3.05, 3.63) is 71.8 Å². The van der Waals surface area contributed by atoms with Crippen molar-refractivity contribution in [3.63, 3.8) is 0 Å². The summed E-state index contributed by atoms with van der Waals surface area (Å²) in [5.74, 6) is 1.62. The van der Waals surface area contributed by atoms with Crippen LogP contribution in [-0.2, 0) is 4.79 Å². The third kappa shape index (κ3) is 2.20. The largest absolute Gasteiger partial charge is 0.469 e. The molecule has 0 saturated carbocycles. The number of ketones is 1. The van der Waals surface area contributed by atoms with E-state index in [1.165, 1.54) is 6.33 Å². The minimum absolute atomic E-state index is 0.0396. The van der Waals surface area contributed by atoms with Crippen LogP contribution in [0.3, 0.4) is 0 Å². The number of anilines is 1. The molecule has 124 valence electrons. The molecule has 0 aromatic carbocycles. The summed E-state index contributed by atoms with van der Waals surface area (Å²) in [5, 5.41) is 7.61. The van der Waals surface area contributed by atoms with E-state index >= 15 is 0 Å². The molecule has 0 amide bonds. The fraction of sp³-hybridized carbons (Fsp3) is 0.222. The lowest BCUT2D eigenvalue weighted by molar-refractivity contribution is -0.117. The van der Waals surface area contributed by atoms with E-state index in [1.807, 2.05) is 24.3 Å². The Kier molecular flexibility index (Phi) is 3.06. The van der Waals surface area contributed by atoms with Gasteiger partial charge in [-0.25, -0.2) is 4.68 Å². The summed E-state index contributed by atoms with van der Waals surface area (Å²) in [7, 11) is 0. The van der Waals surface area contributed by atoms with Gasteiger partial charge in [0.05, 0.1) is 6.26 Å². The summed E-state index contributed by atoms with van der Waals surface area (Å²) in [4.78, 5) is 21.5. The van der Waals surface area contributed by atoms with Gasteiger partial charge in [-0.05, 0) is 30.2 Å². The van der Waals surface area contributed by atoms with Crippen molar-refractivity contribution in [1.82, 2.24) is 19.7 Å². The van der Waals surface area contributed by atoms with Crippen molar-refractivity contribution in [2.24, 2.45) is 0 Å². The Morgan fingerprint density at radius 3 is 3.00 bits per heavy atom. The second-order valence-corrected chi connectivity index (χ2v) is 6.28. The van der Waals surface area contributed by atoms with Gasteiger partial charge in [0, 0.05) is 36.0 Å². The molecular formula is C18H15N5O2. The third-order valence-electron chi connectivity index (χ3n) is 4.81. The zero-order valence-electron chi connectivity index (χ0n) is 13.3. The lowest BCUT2D eigenvalue weighted by atomic mass is 9.80. The number of furan rings is 1.